The highest BCUT2D eigenvalue weighted by Crippen LogP contribution is 2.10. The number of hydrogen-bond donors (Lipinski definition) is 1. The van der Waals surface area contributed by atoms with Crippen molar-refractivity contribution in [3.63, 3.8) is 0 Å². The molecule has 0 saturated carbocycles. The summed E-state index contributed by atoms with van der Waals surface area (Å²) >= 11 is 0. The Balaban J connectivity index is 2.18. The maximum Gasteiger partial charge on any atom is 0.236 e. The Morgan fingerprint density at radius 3 is 2.22 bits per heavy atom. The first-order valence-corrected chi connectivity index (χ1v) is 7.60. The number of nitrogens with zero attached hydrogens (tertiary/aromatic N) is 1. The fourth-order valence-corrected chi connectivity index (χ4v) is 2.38. The van der Waals surface area contributed by atoms with E-state index >= 15 is 0 Å². The van der Waals surface area contributed by atoms with Gasteiger partial charge in [0.05, 0.1) is 6.54 Å². The molecule has 1 heterocycles. The quantitative estimate of drug-likeness (QED) is 0.790. The zero-order valence-corrected chi connectivity index (χ0v) is 12.4. The number of carbonyl (C=O) groups is 1. The van der Waals surface area contributed by atoms with Crippen LogP contribution in [0.5, 0.6) is 0 Å². The molecule has 3 heteroatoms. The van der Waals surface area contributed by atoms with Crippen molar-refractivity contribution in [1.82, 2.24) is 10.2 Å². The van der Waals surface area contributed by atoms with Gasteiger partial charge in [-0.1, -0.05) is 26.7 Å². The molecule has 1 saturated heterocycles. The Bertz CT molecular complexity index is 233. The number of likely N-dealkylation sites (tertiary alicyclic amines) is 1. The fraction of sp³-hybridized carbons (Fsp3) is 0.933. The summed E-state index contributed by atoms with van der Waals surface area (Å²) in [5.41, 5.74) is 0. The second kappa shape index (κ2) is 8.52. The Morgan fingerprint density at radius 2 is 1.67 bits per heavy atom. The van der Waals surface area contributed by atoms with Gasteiger partial charge in [-0.2, -0.15) is 0 Å². The lowest BCUT2D eigenvalue weighted by Crippen LogP contribution is -2.41. The van der Waals surface area contributed by atoms with E-state index in [1.165, 1.54) is 32.1 Å². The van der Waals surface area contributed by atoms with Gasteiger partial charge in [-0.3, -0.25) is 4.79 Å². The van der Waals surface area contributed by atoms with Crippen molar-refractivity contribution >= 4 is 5.91 Å². The van der Waals surface area contributed by atoms with Crippen LogP contribution in [0.15, 0.2) is 0 Å². The van der Waals surface area contributed by atoms with Crippen molar-refractivity contribution in [3.05, 3.63) is 0 Å². The Kier molecular flexibility index (Phi) is 7.33. The number of nitrogens with one attached hydrogen (secondary N) is 1. The van der Waals surface area contributed by atoms with E-state index in [1.54, 1.807) is 0 Å². The van der Waals surface area contributed by atoms with Gasteiger partial charge in [-0.25, -0.2) is 0 Å². The molecule has 18 heavy (non-hydrogen) atoms. The zero-order chi connectivity index (χ0) is 13.4. The van der Waals surface area contributed by atoms with Gasteiger partial charge in [0.1, 0.15) is 0 Å². The fourth-order valence-electron chi connectivity index (χ4n) is 2.38. The first-order chi connectivity index (χ1) is 8.59. The Morgan fingerprint density at radius 1 is 1.06 bits per heavy atom. The summed E-state index contributed by atoms with van der Waals surface area (Å²) in [5, 5.41) is 3.36. The van der Waals surface area contributed by atoms with E-state index < -0.39 is 0 Å². The maximum atomic E-state index is 12.1. The van der Waals surface area contributed by atoms with E-state index in [0.29, 0.717) is 12.6 Å². The van der Waals surface area contributed by atoms with Crippen LogP contribution in [-0.2, 0) is 4.79 Å². The third-order valence-electron chi connectivity index (χ3n) is 3.74. The summed E-state index contributed by atoms with van der Waals surface area (Å²) in [4.78, 5) is 14.1. The van der Waals surface area contributed by atoms with Gasteiger partial charge in [-0.05, 0) is 38.5 Å². The third-order valence-corrected chi connectivity index (χ3v) is 3.74. The monoisotopic (exact) mass is 254 g/mol. The molecule has 1 atom stereocenters. The first kappa shape index (κ1) is 15.5. The molecule has 1 rings (SSSR count). The van der Waals surface area contributed by atoms with Crippen LogP contribution in [0, 0.1) is 5.92 Å². The molecule has 0 aromatic rings. The van der Waals surface area contributed by atoms with Crippen molar-refractivity contribution in [2.24, 2.45) is 5.92 Å². The number of amides is 1. The summed E-state index contributed by atoms with van der Waals surface area (Å²) in [7, 11) is 0. The van der Waals surface area contributed by atoms with Gasteiger partial charge in [0, 0.05) is 19.1 Å². The minimum absolute atomic E-state index is 0.285. The van der Waals surface area contributed by atoms with E-state index in [2.05, 4.69) is 26.1 Å². The van der Waals surface area contributed by atoms with E-state index in [1.807, 2.05) is 4.90 Å². The summed E-state index contributed by atoms with van der Waals surface area (Å²) in [6.45, 7) is 9.10. The molecule has 0 aliphatic carbocycles. The van der Waals surface area contributed by atoms with Crippen LogP contribution in [0.3, 0.4) is 0 Å². The predicted molar refractivity (Wildman–Crippen MR) is 76.6 cm³/mol. The van der Waals surface area contributed by atoms with Crippen molar-refractivity contribution in [2.45, 2.75) is 65.3 Å². The topological polar surface area (TPSA) is 32.3 Å². The maximum absolute atomic E-state index is 12.1. The minimum atomic E-state index is 0.285. The second-order valence-corrected chi connectivity index (χ2v) is 6.05. The van der Waals surface area contributed by atoms with Crippen molar-refractivity contribution in [1.29, 1.82) is 0 Å². The summed E-state index contributed by atoms with van der Waals surface area (Å²) < 4.78 is 0. The molecule has 1 amide bonds. The van der Waals surface area contributed by atoms with E-state index in [9.17, 15) is 4.79 Å². The molecule has 1 aliphatic rings. The highest BCUT2D eigenvalue weighted by molar-refractivity contribution is 5.78. The lowest BCUT2D eigenvalue weighted by atomic mass is 10.0. The number of carbonyl (C=O) groups excluding carboxylic acids is 1. The van der Waals surface area contributed by atoms with Crippen LogP contribution in [0.4, 0.5) is 0 Å². The SMILES string of the molecule is CC(C)CCC(C)NCC(=O)N1CCCCCC1. The molecule has 3 nitrogen and oxygen atoms in total. The molecule has 1 aliphatic heterocycles. The zero-order valence-electron chi connectivity index (χ0n) is 12.4. The molecule has 0 spiro atoms. The molecule has 0 bridgehead atoms. The standard InChI is InChI=1S/C15H30N2O/c1-13(2)8-9-14(3)16-12-15(18)17-10-6-4-5-7-11-17/h13-14,16H,4-12H2,1-3H3. The average Bonchev–Trinajstić information content (AvgIpc) is 2.62. The van der Waals surface area contributed by atoms with Crippen LogP contribution < -0.4 is 5.32 Å². The largest absolute Gasteiger partial charge is 0.342 e. The molecule has 1 fully saturated rings. The summed E-state index contributed by atoms with van der Waals surface area (Å²) in [5.74, 6) is 1.03. The van der Waals surface area contributed by atoms with Crippen molar-refractivity contribution in [3.8, 4) is 0 Å². The molecule has 0 aromatic carbocycles. The molecule has 1 unspecified atom stereocenters. The minimum Gasteiger partial charge on any atom is -0.342 e. The van der Waals surface area contributed by atoms with Crippen LogP contribution >= 0.6 is 0 Å². The summed E-state index contributed by atoms with van der Waals surface area (Å²) in [6, 6.07) is 0.448. The van der Waals surface area contributed by atoms with Gasteiger partial charge < -0.3 is 10.2 Å². The lowest BCUT2D eigenvalue weighted by Gasteiger charge is -2.22. The molecular formula is C15H30N2O. The van der Waals surface area contributed by atoms with Crippen molar-refractivity contribution in [2.75, 3.05) is 19.6 Å². The van der Waals surface area contributed by atoms with E-state index in [4.69, 9.17) is 0 Å². The van der Waals surface area contributed by atoms with Gasteiger partial charge in [0.25, 0.3) is 0 Å². The normalized spacial score (nSPS) is 18.8. The predicted octanol–water partition coefficient (Wildman–Crippen LogP) is 2.80. The Labute approximate surface area is 112 Å². The Hall–Kier alpha value is -0.570. The van der Waals surface area contributed by atoms with Gasteiger partial charge in [-0.15, -0.1) is 0 Å². The first-order valence-electron chi connectivity index (χ1n) is 7.60. The van der Waals surface area contributed by atoms with E-state index in [0.717, 1.165) is 25.4 Å². The smallest absolute Gasteiger partial charge is 0.236 e. The molecular weight excluding hydrogens is 224 g/mol. The van der Waals surface area contributed by atoms with Crippen molar-refractivity contribution < 1.29 is 4.79 Å². The molecule has 0 aromatic heterocycles. The second-order valence-electron chi connectivity index (χ2n) is 6.05. The lowest BCUT2D eigenvalue weighted by molar-refractivity contribution is -0.130. The third kappa shape index (κ3) is 6.39. The highest BCUT2D eigenvalue weighted by Gasteiger charge is 2.15. The summed E-state index contributed by atoms with van der Waals surface area (Å²) in [6.07, 6.45) is 7.30. The molecule has 1 N–H and O–H groups in total. The van der Waals surface area contributed by atoms with Gasteiger partial charge >= 0.3 is 0 Å². The van der Waals surface area contributed by atoms with Crippen LogP contribution in [0.25, 0.3) is 0 Å². The van der Waals surface area contributed by atoms with Crippen LogP contribution in [0.2, 0.25) is 0 Å². The molecule has 0 radical (unpaired) electrons. The van der Waals surface area contributed by atoms with Crippen LogP contribution in [0.1, 0.15) is 59.3 Å². The average molecular weight is 254 g/mol. The number of rotatable bonds is 6. The van der Waals surface area contributed by atoms with E-state index in [-0.39, 0.29) is 5.91 Å². The number of hydrogen-bond acceptors (Lipinski definition) is 2. The van der Waals surface area contributed by atoms with Crippen LogP contribution in [-0.4, -0.2) is 36.5 Å². The highest BCUT2D eigenvalue weighted by atomic mass is 16.2. The van der Waals surface area contributed by atoms with Gasteiger partial charge in [0.2, 0.25) is 5.91 Å². The molecule has 106 valence electrons. The van der Waals surface area contributed by atoms with Gasteiger partial charge in [0.15, 0.2) is 0 Å².